The lowest BCUT2D eigenvalue weighted by Gasteiger charge is -2.34. The average molecular weight is 225 g/mol. The Morgan fingerprint density at radius 3 is 2.88 bits per heavy atom. The van der Waals surface area contributed by atoms with Crippen LogP contribution in [0.4, 0.5) is 0 Å². The quantitative estimate of drug-likeness (QED) is 0.531. The summed E-state index contributed by atoms with van der Waals surface area (Å²) < 4.78 is 5.49. The zero-order valence-corrected chi connectivity index (χ0v) is 10.9. The monoisotopic (exact) mass is 225 g/mol. The fourth-order valence-electron chi connectivity index (χ4n) is 2.46. The van der Waals surface area contributed by atoms with Gasteiger partial charge in [0.05, 0.1) is 13.2 Å². The van der Waals surface area contributed by atoms with Crippen molar-refractivity contribution in [2.75, 3.05) is 19.8 Å². The van der Waals surface area contributed by atoms with Gasteiger partial charge < -0.3 is 10.1 Å². The smallest absolute Gasteiger partial charge is 0.0591 e. The molecule has 2 nitrogen and oxygen atoms in total. The standard InChI is InChI=1S/C14H27NO/c1-4-5-10-16-11-9-15-14-8-6-7-12(2)13(14)3/h4,12-15H,1,5-11H2,2-3H3. The highest BCUT2D eigenvalue weighted by atomic mass is 16.5. The van der Waals surface area contributed by atoms with E-state index in [4.69, 9.17) is 4.74 Å². The lowest BCUT2D eigenvalue weighted by atomic mass is 9.78. The Kier molecular flexibility index (Phi) is 6.74. The molecule has 1 N–H and O–H groups in total. The van der Waals surface area contributed by atoms with Gasteiger partial charge in [-0.2, -0.15) is 0 Å². The first kappa shape index (κ1) is 13.7. The molecule has 0 radical (unpaired) electrons. The number of rotatable bonds is 7. The van der Waals surface area contributed by atoms with Gasteiger partial charge in [0.25, 0.3) is 0 Å². The second kappa shape index (κ2) is 7.86. The summed E-state index contributed by atoms with van der Waals surface area (Å²) in [6, 6.07) is 0.701. The fourth-order valence-corrected chi connectivity index (χ4v) is 2.46. The maximum absolute atomic E-state index is 5.49. The third-order valence-corrected chi connectivity index (χ3v) is 3.83. The van der Waals surface area contributed by atoms with Crippen LogP contribution in [0.25, 0.3) is 0 Å². The first-order valence-electron chi connectivity index (χ1n) is 6.67. The molecule has 3 atom stereocenters. The largest absolute Gasteiger partial charge is 0.380 e. The van der Waals surface area contributed by atoms with E-state index in [1.807, 2.05) is 6.08 Å². The predicted octanol–water partition coefficient (Wildman–Crippen LogP) is 2.99. The van der Waals surface area contributed by atoms with Crippen molar-refractivity contribution >= 4 is 0 Å². The van der Waals surface area contributed by atoms with Gasteiger partial charge in [-0.15, -0.1) is 6.58 Å². The highest BCUT2D eigenvalue weighted by Gasteiger charge is 2.26. The lowest BCUT2D eigenvalue weighted by Crippen LogP contribution is -2.41. The minimum atomic E-state index is 0.701. The van der Waals surface area contributed by atoms with E-state index in [0.717, 1.165) is 38.0 Å². The summed E-state index contributed by atoms with van der Waals surface area (Å²) in [5, 5.41) is 3.63. The van der Waals surface area contributed by atoms with E-state index < -0.39 is 0 Å². The van der Waals surface area contributed by atoms with Crippen molar-refractivity contribution in [3.8, 4) is 0 Å². The molecule has 0 bridgehead atoms. The molecule has 1 saturated carbocycles. The molecule has 94 valence electrons. The van der Waals surface area contributed by atoms with Crippen molar-refractivity contribution in [3.05, 3.63) is 12.7 Å². The van der Waals surface area contributed by atoms with Gasteiger partial charge in [0.15, 0.2) is 0 Å². The van der Waals surface area contributed by atoms with Crippen LogP contribution in [0.5, 0.6) is 0 Å². The van der Waals surface area contributed by atoms with Crippen LogP contribution in [-0.2, 0) is 4.74 Å². The molecule has 0 aliphatic heterocycles. The van der Waals surface area contributed by atoms with Crippen molar-refractivity contribution < 1.29 is 4.74 Å². The van der Waals surface area contributed by atoms with Crippen molar-refractivity contribution in [1.82, 2.24) is 5.32 Å². The Labute approximate surface area is 100 Å². The van der Waals surface area contributed by atoms with Crippen molar-refractivity contribution in [2.24, 2.45) is 11.8 Å². The second-order valence-corrected chi connectivity index (χ2v) is 5.02. The summed E-state index contributed by atoms with van der Waals surface area (Å²) in [7, 11) is 0. The Balaban J connectivity index is 2.05. The zero-order chi connectivity index (χ0) is 11.8. The fraction of sp³-hybridized carbons (Fsp3) is 0.857. The van der Waals surface area contributed by atoms with E-state index in [-0.39, 0.29) is 0 Å². The van der Waals surface area contributed by atoms with Crippen LogP contribution in [0.3, 0.4) is 0 Å². The van der Waals surface area contributed by atoms with E-state index >= 15 is 0 Å². The van der Waals surface area contributed by atoms with Gasteiger partial charge >= 0.3 is 0 Å². The van der Waals surface area contributed by atoms with Crippen molar-refractivity contribution in [1.29, 1.82) is 0 Å². The highest BCUT2D eigenvalue weighted by Crippen LogP contribution is 2.29. The minimum Gasteiger partial charge on any atom is -0.380 e. The van der Waals surface area contributed by atoms with E-state index in [2.05, 4.69) is 25.7 Å². The molecule has 0 saturated heterocycles. The van der Waals surface area contributed by atoms with Crippen LogP contribution < -0.4 is 5.32 Å². The van der Waals surface area contributed by atoms with E-state index in [0.29, 0.717) is 6.04 Å². The Hall–Kier alpha value is -0.340. The maximum atomic E-state index is 5.49. The topological polar surface area (TPSA) is 21.3 Å². The van der Waals surface area contributed by atoms with Gasteiger partial charge in [-0.1, -0.05) is 32.8 Å². The van der Waals surface area contributed by atoms with Gasteiger partial charge in [0.1, 0.15) is 0 Å². The van der Waals surface area contributed by atoms with Crippen LogP contribution in [0.15, 0.2) is 12.7 Å². The van der Waals surface area contributed by atoms with Crippen LogP contribution in [0.2, 0.25) is 0 Å². The normalized spacial score (nSPS) is 30.2. The van der Waals surface area contributed by atoms with Crippen LogP contribution in [-0.4, -0.2) is 25.8 Å². The van der Waals surface area contributed by atoms with Crippen LogP contribution in [0.1, 0.15) is 39.5 Å². The average Bonchev–Trinajstić information content (AvgIpc) is 2.29. The molecule has 0 heterocycles. The summed E-state index contributed by atoms with van der Waals surface area (Å²) in [6.07, 6.45) is 6.96. The zero-order valence-electron chi connectivity index (χ0n) is 10.9. The number of nitrogens with one attached hydrogen (secondary N) is 1. The Morgan fingerprint density at radius 1 is 1.31 bits per heavy atom. The van der Waals surface area contributed by atoms with E-state index in [1.54, 1.807) is 0 Å². The predicted molar refractivity (Wildman–Crippen MR) is 69.6 cm³/mol. The first-order valence-corrected chi connectivity index (χ1v) is 6.67. The molecular formula is C14H27NO. The summed E-state index contributed by atoms with van der Waals surface area (Å²) >= 11 is 0. The van der Waals surface area contributed by atoms with Gasteiger partial charge in [-0.3, -0.25) is 0 Å². The van der Waals surface area contributed by atoms with Crippen LogP contribution >= 0.6 is 0 Å². The van der Waals surface area contributed by atoms with Crippen LogP contribution in [0, 0.1) is 11.8 Å². The van der Waals surface area contributed by atoms with Gasteiger partial charge in [-0.25, -0.2) is 0 Å². The molecule has 2 heteroatoms. The summed E-state index contributed by atoms with van der Waals surface area (Å²) in [5.74, 6) is 1.68. The van der Waals surface area contributed by atoms with Gasteiger partial charge in [0, 0.05) is 12.6 Å². The summed E-state index contributed by atoms with van der Waals surface area (Å²) in [6.45, 7) is 11.0. The molecule has 3 unspecified atom stereocenters. The number of ether oxygens (including phenoxy) is 1. The molecule has 0 aromatic carbocycles. The van der Waals surface area contributed by atoms with Crippen molar-refractivity contribution in [2.45, 2.75) is 45.6 Å². The SMILES string of the molecule is C=CCCOCCNC1CCCC(C)C1C. The summed E-state index contributed by atoms with van der Waals surface area (Å²) in [4.78, 5) is 0. The molecule has 1 fully saturated rings. The highest BCUT2D eigenvalue weighted by molar-refractivity contribution is 4.81. The van der Waals surface area contributed by atoms with Gasteiger partial charge in [-0.05, 0) is 24.7 Å². The molecule has 1 aliphatic carbocycles. The number of hydrogen-bond acceptors (Lipinski definition) is 2. The Morgan fingerprint density at radius 2 is 2.12 bits per heavy atom. The van der Waals surface area contributed by atoms with E-state index in [9.17, 15) is 0 Å². The first-order chi connectivity index (χ1) is 7.75. The minimum absolute atomic E-state index is 0.701. The molecular weight excluding hydrogens is 198 g/mol. The molecule has 0 spiro atoms. The third kappa shape index (κ3) is 4.67. The lowest BCUT2D eigenvalue weighted by molar-refractivity contribution is 0.128. The molecule has 0 aromatic rings. The Bertz CT molecular complexity index is 193. The van der Waals surface area contributed by atoms with Gasteiger partial charge in [0.2, 0.25) is 0 Å². The molecule has 16 heavy (non-hydrogen) atoms. The van der Waals surface area contributed by atoms with Crippen molar-refractivity contribution in [3.63, 3.8) is 0 Å². The molecule has 1 rings (SSSR count). The number of hydrogen-bond donors (Lipinski definition) is 1. The maximum Gasteiger partial charge on any atom is 0.0591 e. The molecule has 0 amide bonds. The molecule has 1 aliphatic rings. The molecule has 0 aromatic heterocycles. The second-order valence-electron chi connectivity index (χ2n) is 5.02. The third-order valence-electron chi connectivity index (χ3n) is 3.83. The summed E-state index contributed by atoms with van der Waals surface area (Å²) in [5.41, 5.74) is 0. The van der Waals surface area contributed by atoms with E-state index in [1.165, 1.54) is 19.3 Å².